The molecule has 0 saturated carbocycles. The molecular formula is C11H20N2O3. The second kappa shape index (κ2) is 6.60. The van der Waals surface area contributed by atoms with Crippen molar-refractivity contribution in [1.82, 2.24) is 9.80 Å². The summed E-state index contributed by atoms with van der Waals surface area (Å²) in [5.41, 5.74) is 0. The summed E-state index contributed by atoms with van der Waals surface area (Å²) >= 11 is 0. The highest BCUT2D eigenvalue weighted by Gasteiger charge is 2.20. The van der Waals surface area contributed by atoms with Crippen molar-refractivity contribution < 1.29 is 14.7 Å². The molecule has 1 N–H and O–H groups in total. The van der Waals surface area contributed by atoms with Crippen LogP contribution in [0, 0.1) is 0 Å². The predicted octanol–water partition coefficient (Wildman–Crippen LogP) is -0.508. The minimum absolute atomic E-state index is 0.0623. The number of β-amino-alcohol motifs (C(OH)–C–C–N with tert-alkyl or cyclic N) is 1. The first-order valence-corrected chi connectivity index (χ1v) is 5.74. The lowest BCUT2D eigenvalue weighted by atomic mass is 10.2. The minimum Gasteiger partial charge on any atom is -0.395 e. The first-order valence-electron chi connectivity index (χ1n) is 5.74. The van der Waals surface area contributed by atoms with E-state index in [1.807, 2.05) is 0 Å². The molecule has 0 aromatic carbocycles. The molecule has 0 spiro atoms. The van der Waals surface area contributed by atoms with Gasteiger partial charge in [0.05, 0.1) is 6.61 Å². The van der Waals surface area contributed by atoms with Crippen LogP contribution in [0.3, 0.4) is 0 Å². The predicted molar refractivity (Wildman–Crippen MR) is 60.0 cm³/mol. The molecule has 92 valence electrons. The van der Waals surface area contributed by atoms with Crippen LogP contribution in [0.1, 0.15) is 19.8 Å². The lowest BCUT2D eigenvalue weighted by Gasteiger charge is -2.34. The first kappa shape index (κ1) is 13.1. The third-order valence-corrected chi connectivity index (χ3v) is 2.83. The third-order valence-electron chi connectivity index (χ3n) is 2.83. The molecule has 5 heteroatoms. The van der Waals surface area contributed by atoms with Crippen LogP contribution in [0.4, 0.5) is 0 Å². The van der Waals surface area contributed by atoms with Gasteiger partial charge in [0.2, 0.25) is 5.91 Å². The first-order chi connectivity index (χ1) is 7.63. The SMILES string of the molecule is CC(=O)CCC(=O)N1CCN(CCO)CC1. The van der Waals surface area contributed by atoms with Crippen LogP contribution < -0.4 is 0 Å². The van der Waals surface area contributed by atoms with Gasteiger partial charge in [-0.15, -0.1) is 0 Å². The summed E-state index contributed by atoms with van der Waals surface area (Å²) in [6, 6.07) is 0. The molecule has 5 nitrogen and oxygen atoms in total. The molecule has 1 amide bonds. The molecule has 0 aliphatic carbocycles. The van der Waals surface area contributed by atoms with Gasteiger partial charge in [0.1, 0.15) is 5.78 Å². The topological polar surface area (TPSA) is 60.9 Å². The van der Waals surface area contributed by atoms with Crippen molar-refractivity contribution in [1.29, 1.82) is 0 Å². The second-order valence-corrected chi connectivity index (χ2v) is 4.15. The van der Waals surface area contributed by atoms with Crippen LogP contribution in [0.25, 0.3) is 0 Å². The zero-order valence-corrected chi connectivity index (χ0v) is 9.81. The Labute approximate surface area is 96.0 Å². The van der Waals surface area contributed by atoms with Crippen molar-refractivity contribution in [3.05, 3.63) is 0 Å². The molecule has 1 rings (SSSR count). The van der Waals surface area contributed by atoms with Gasteiger partial charge in [-0.05, 0) is 6.92 Å². The number of amides is 1. The molecule has 0 atom stereocenters. The Morgan fingerprint density at radius 2 is 1.75 bits per heavy atom. The van der Waals surface area contributed by atoms with Gasteiger partial charge < -0.3 is 14.8 Å². The molecule has 1 fully saturated rings. The molecule has 1 saturated heterocycles. The molecule has 0 radical (unpaired) electrons. The zero-order valence-electron chi connectivity index (χ0n) is 9.81. The summed E-state index contributed by atoms with van der Waals surface area (Å²) in [7, 11) is 0. The quantitative estimate of drug-likeness (QED) is 0.688. The molecular weight excluding hydrogens is 208 g/mol. The summed E-state index contributed by atoms with van der Waals surface area (Å²) in [6.45, 7) is 5.38. The van der Waals surface area contributed by atoms with Gasteiger partial charge in [-0.3, -0.25) is 9.69 Å². The summed E-state index contributed by atoms with van der Waals surface area (Å²) in [6.07, 6.45) is 0.672. The van der Waals surface area contributed by atoms with E-state index >= 15 is 0 Å². The van der Waals surface area contributed by atoms with Crippen LogP contribution >= 0.6 is 0 Å². The van der Waals surface area contributed by atoms with Gasteiger partial charge >= 0.3 is 0 Å². The number of piperazine rings is 1. The van der Waals surface area contributed by atoms with Gasteiger partial charge in [-0.2, -0.15) is 0 Å². The van der Waals surface area contributed by atoms with E-state index in [1.165, 1.54) is 6.92 Å². The van der Waals surface area contributed by atoms with Crippen LogP contribution in [0.5, 0.6) is 0 Å². The van der Waals surface area contributed by atoms with Crippen LogP contribution in [0.2, 0.25) is 0 Å². The summed E-state index contributed by atoms with van der Waals surface area (Å²) < 4.78 is 0. The lowest BCUT2D eigenvalue weighted by Crippen LogP contribution is -2.49. The molecule has 1 aliphatic rings. The van der Waals surface area contributed by atoms with Crippen molar-refractivity contribution in [3.63, 3.8) is 0 Å². The minimum atomic E-state index is 0.0623. The average molecular weight is 228 g/mol. The van der Waals surface area contributed by atoms with Crippen molar-refractivity contribution in [3.8, 4) is 0 Å². The zero-order chi connectivity index (χ0) is 12.0. The maximum atomic E-state index is 11.7. The number of rotatable bonds is 5. The fourth-order valence-corrected chi connectivity index (χ4v) is 1.80. The van der Waals surface area contributed by atoms with E-state index in [1.54, 1.807) is 4.90 Å². The third kappa shape index (κ3) is 4.28. The molecule has 0 unspecified atom stereocenters. The number of carbonyl (C=O) groups is 2. The van der Waals surface area contributed by atoms with E-state index < -0.39 is 0 Å². The standard InChI is InChI=1S/C11H20N2O3/c1-10(15)2-3-11(16)13-6-4-12(5-7-13)8-9-14/h14H,2-9H2,1H3. The van der Waals surface area contributed by atoms with Crippen molar-refractivity contribution in [2.75, 3.05) is 39.3 Å². The second-order valence-electron chi connectivity index (χ2n) is 4.15. The number of ketones is 1. The Kier molecular flexibility index (Phi) is 5.42. The number of nitrogens with zero attached hydrogens (tertiary/aromatic N) is 2. The van der Waals surface area contributed by atoms with Crippen LogP contribution in [-0.2, 0) is 9.59 Å². The number of carbonyl (C=O) groups excluding carboxylic acids is 2. The van der Waals surface area contributed by atoms with Gasteiger partial charge in [-0.25, -0.2) is 0 Å². The van der Waals surface area contributed by atoms with E-state index in [4.69, 9.17) is 5.11 Å². The molecule has 16 heavy (non-hydrogen) atoms. The Balaban J connectivity index is 2.24. The number of aliphatic hydroxyl groups is 1. The Morgan fingerprint density at radius 3 is 2.25 bits per heavy atom. The summed E-state index contributed by atoms with van der Waals surface area (Å²) in [4.78, 5) is 26.4. The van der Waals surface area contributed by atoms with Crippen LogP contribution in [0.15, 0.2) is 0 Å². The summed E-state index contributed by atoms with van der Waals surface area (Å²) in [5.74, 6) is 0.131. The fraction of sp³-hybridized carbons (Fsp3) is 0.818. The number of Topliss-reactive ketones (excluding diaryl/α,β-unsaturated/α-hetero) is 1. The number of aliphatic hydroxyl groups excluding tert-OH is 1. The average Bonchev–Trinajstić information content (AvgIpc) is 2.27. The largest absolute Gasteiger partial charge is 0.395 e. The fourth-order valence-electron chi connectivity index (χ4n) is 1.80. The molecule has 1 aliphatic heterocycles. The Hall–Kier alpha value is -0.940. The monoisotopic (exact) mass is 228 g/mol. The van der Waals surface area contributed by atoms with Gasteiger partial charge in [0.25, 0.3) is 0 Å². The molecule has 0 aromatic heterocycles. The molecule has 0 bridgehead atoms. The Bertz CT molecular complexity index is 248. The maximum absolute atomic E-state index is 11.7. The van der Waals surface area contributed by atoms with Crippen molar-refractivity contribution in [2.24, 2.45) is 0 Å². The lowest BCUT2D eigenvalue weighted by molar-refractivity contribution is -0.134. The maximum Gasteiger partial charge on any atom is 0.223 e. The molecule has 1 heterocycles. The van der Waals surface area contributed by atoms with Crippen LogP contribution in [-0.4, -0.2) is 65.9 Å². The highest BCUT2D eigenvalue weighted by Crippen LogP contribution is 2.05. The van der Waals surface area contributed by atoms with Crippen molar-refractivity contribution >= 4 is 11.7 Å². The van der Waals surface area contributed by atoms with E-state index in [0.717, 1.165) is 13.1 Å². The molecule has 0 aromatic rings. The highest BCUT2D eigenvalue weighted by molar-refractivity contribution is 5.83. The number of hydrogen-bond donors (Lipinski definition) is 1. The van der Waals surface area contributed by atoms with Gasteiger partial charge in [0, 0.05) is 45.6 Å². The highest BCUT2D eigenvalue weighted by atomic mass is 16.3. The number of hydrogen-bond acceptors (Lipinski definition) is 4. The van der Waals surface area contributed by atoms with E-state index in [0.29, 0.717) is 32.5 Å². The van der Waals surface area contributed by atoms with E-state index in [2.05, 4.69) is 4.90 Å². The van der Waals surface area contributed by atoms with Gasteiger partial charge in [-0.1, -0.05) is 0 Å². The van der Waals surface area contributed by atoms with E-state index in [9.17, 15) is 9.59 Å². The van der Waals surface area contributed by atoms with Gasteiger partial charge in [0.15, 0.2) is 0 Å². The normalized spacial score (nSPS) is 17.5. The summed E-state index contributed by atoms with van der Waals surface area (Å²) in [5, 5.41) is 8.78. The smallest absolute Gasteiger partial charge is 0.223 e. The van der Waals surface area contributed by atoms with Crippen molar-refractivity contribution in [2.45, 2.75) is 19.8 Å². The van der Waals surface area contributed by atoms with E-state index in [-0.39, 0.29) is 18.3 Å². The Morgan fingerprint density at radius 1 is 1.12 bits per heavy atom.